The van der Waals surface area contributed by atoms with E-state index >= 15 is 0 Å². The fraction of sp³-hybridized carbons (Fsp3) is 0.389. The van der Waals surface area contributed by atoms with Crippen LogP contribution >= 0.6 is 0 Å². The van der Waals surface area contributed by atoms with Crippen molar-refractivity contribution < 1.29 is 9.18 Å². The number of nitrogens with zero attached hydrogens (tertiary/aromatic N) is 3. The highest BCUT2D eigenvalue weighted by Crippen LogP contribution is 2.06. The van der Waals surface area contributed by atoms with Crippen molar-refractivity contribution in [3.05, 3.63) is 53.5 Å². The molecule has 0 bridgehead atoms. The monoisotopic (exact) mass is 345 g/mol. The number of halogens is 1. The van der Waals surface area contributed by atoms with Gasteiger partial charge in [0.05, 0.1) is 0 Å². The average molecular weight is 345 g/mol. The van der Waals surface area contributed by atoms with Crippen LogP contribution in [0.25, 0.3) is 0 Å². The quantitative estimate of drug-likeness (QED) is 0.680. The number of hydrogen-bond acceptors (Lipinski definition) is 5. The molecule has 0 aliphatic rings. The number of carbonyl (C=O) groups excluding carboxylic acids is 1. The molecule has 1 heterocycles. The zero-order chi connectivity index (χ0) is 18.1. The largest absolute Gasteiger partial charge is 0.369 e. The van der Waals surface area contributed by atoms with Crippen LogP contribution in [0.1, 0.15) is 22.5 Å². The Kier molecular flexibility index (Phi) is 7.28. The lowest BCUT2D eigenvalue weighted by Crippen LogP contribution is -2.27. The fourth-order valence-electron chi connectivity index (χ4n) is 2.26. The van der Waals surface area contributed by atoms with Crippen molar-refractivity contribution in [2.45, 2.75) is 12.8 Å². The molecule has 1 aromatic carbocycles. The molecule has 1 amide bonds. The van der Waals surface area contributed by atoms with Crippen molar-refractivity contribution in [3.63, 3.8) is 0 Å². The van der Waals surface area contributed by atoms with Gasteiger partial charge in [0, 0.05) is 13.1 Å². The Morgan fingerprint density at radius 2 is 1.92 bits per heavy atom. The third kappa shape index (κ3) is 6.46. The molecule has 0 saturated carbocycles. The zero-order valence-corrected chi connectivity index (χ0v) is 14.6. The SMILES string of the molecule is CN(C)CCCNc1ccc(C(=O)NCCc2ccccc2F)nn1. The van der Waals surface area contributed by atoms with Crippen LogP contribution in [-0.2, 0) is 6.42 Å². The number of anilines is 1. The lowest BCUT2D eigenvalue weighted by Gasteiger charge is -2.10. The molecular formula is C18H24FN5O. The number of rotatable bonds is 9. The van der Waals surface area contributed by atoms with Gasteiger partial charge in [-0.15, -0.1) is 10.2 Å². The molecule has 0 aliphatic heterocycles. The van der Waals surface area contributed by atoms with Crippen LogP contribution in [-0.4, -0.2) is 54.7 Å². The number of aromatic nitrogens is 2. The Balaban J connectivity index is 1.75. The number of hydrogen-bond donors (Lipinski definition) is 2. The summed E-state index contributed by atoms with van der Waals surface area (Å²) in [6, 6.07) is 9.89. The van der Waals surface area contributed by atoms with E-state index in [0.717, 1.165) is 19.5 Å². The van der Waals surface area contributed by atoms with Gasteiger partial charge in [-0.1, -0.05) is 18.2 Å². The lowest BCUT2D eigenvalue weighted by atomic mass is 10.1. The van der Waals surface area contributed by atoms with Gasteiger partial charge < -0.3 is 15.5 Å². The molecule has 0 aliphatic carbocycles. The topological polar surface area (TPSA) is 70.2 Å². The minimum absolute atomic E-state index is 0.243. The molecule has 0 unspecified atom stereocenters. The number of amides is 1. The van der Waals surface area contributed by atoms with Gasteiger partial charge in [-0.25, -0.2) is 4.39 Å². The Morgan fingerprint density at radius 3 is 2.60 bits per heavy atom. The maximum atomic E-state index is 13.5. The molecule has 2 rings (SSSR count). The van der Waals surface area contributed by atoms with Gasteiger partial charge in [-0.3, -0.25) is 4.79 Å². The van der Waals surface area contributed by atoms with Gasteiger partial charge in [-0.05, 0) is 57.2 Å². The minimum Gasteiger partial charge on any atom is -0.369 e. The molecule has 2 N–H and O–H groups in total. The highest BCUT2D eigenvalue weighted by molar-refractivity contribution is 5.92. The van der Waals surface area contributed by atoms with E-state index in [1.807, 2.05) is 14.1 Å². The van der Waals surface area contributed by atoms with E-state index in [9.17, 15) is 9.18 Å². The third-order valence-corrected chi connectivity index (χ3v) is 3.62. The van der Waals surface area contributed by atoms with Gasteiger partial charge in [0.1, 0.15) is 11.6 Å². The first kappa shape index (κ1) is 18.8. The second kappa shape index (κ2) is 9.68. The molecule has 0 spiro atoms. The Labute approximate surface area is 147 Å². The molecule has 0 fully saturated rings. The van der Waals surface area contributed by atoms with Crippen LogP contribution in [0.15, 0.2) is 36.4 Å². The number of benzene rings is 1. The molecule has 134 valence electrons. The third-order valence-electron chi connectivity index (χ3n) is 3.62. The van der Waals surface area contributed by atoms with E-state index in [-0.39, 0.29) is 17.4 Å². The molecule has 2 aromatic rings. The highest BCUT2D eigenvalue weighted by Gasteiger charge is 2.08. The van der Waals surface area contributed by atoms with Crippen LogP contribution in [0, 0.1) is 5.82 Å². The Hall–Kier alpha value is -2.54. The van der Waals surface area contributed by atoms with Crippen LogP contribution in [0.3, 0.4) is 0 Å². The average Bonchev–Trinajstić information content (AvgIpc) is 2.60. The molecular weight excluding hydrogens is 321 g/mol. The van der Waals surface area contributed by atoms with E-state index in [0.29, 0.717) is 24.3 Å². The van der Waals surface area contributed by atoms with E-state index in [2.05, 4.69) is 25.7 Å². The van der Waals surface area contributed by atoms with Crippen molar-refractivity contribution >= 4 is 11.7 Å². The van der Waals surface area contributed by atoms with Crippen LogP contribution in [0.2, 0.25) is 0 Å². The second-order valence-electron chi connectivity index (χ2n) is 5.98. The smallest absolute Gasteiger partial charge is 0.271 e. The molecule has 6 nitrogen and oxygen atoms in total. The van der Waals surface area contributed by atoms with Crippen molar-refractivity contribution in [2.24, 2.45) is 0 Å². The maximum Gasteiger partial charge on any atom is 0.271 e. The van der Waals surface area contributed by atoms with Crippen molar-refractivity contribution in [1.82, 2.24) is 20.4 Å². The number of nitrogens with one attached hydrogen (secondary N) is 2. The summed E-state index contributed by atoms with van der Waals surface area (Å²) in [6.07, 6.45) is 1.42. The first-order chi connectivity index (χ1) is 12.1. The Morgan fingerprint density at radius 1 is 1.12 bits per heavy atom. The highest BCUT2D eigenvalue weighted by atomic mass is 19.1. The fourth-order valence-corrected chi connectivity index (χ4v) is 2.26. The molecule has 0 radical (unpaired) electrons. The molecule has 0 atom stereocenters. The van der Waals surface area contributed by atoms with E-state index < -0.39 is 0 Å². The van der Waals surface area contributed by atoms with Crippen molar-refractivity contribution in [3.8, 4) is 0 Å². The normalized spacial score (nSPS) is 10.7. The molecule has 0 saturated heterocycles. The van der Waals surface area contributed by atoms with Crippen LogP contribution in [0.4, 0.5) is 10.2 Å². The second-order valence-corrected chi connectivity index (χ2v) is 5.98. The summed E-state index contributed by atoms with van der Waals surface area (Å²) in [7, 11) is 4.05. The molecule has 1 aromatic heterocycles. The summed E-state index contributed by atoms with van der Waals surface area (Å²) >= 11 is 0. The van der Waals surface area contributed by atoms with Gasteiger partial charge >= 0.3 is 0 Å². The predicted octanol–water partition coefficient (Wildman–Crippen LogP) is 1.95. The predicted molar refractivity (Wildman–Crippen MR) is 96.1 cm³/mol. The summed E-state index contributed by atoms with van der Waals surface area (Å²) in [5, 5.41) is 13.8. The van der Waals surface area contributed by atoms with Crippen molar-refractivity contribution in [2.75, 3.05) is 39.0 Å². The van der Waals surface area contributed by atoms with Crippen LogP contribution in [0.5, 0.6) is 0 Å². The first-order valence-electron chi connectivity index (χ1n) is 8.30. The summed E-state index contributed by atoms with van der Waals surface area (Å²) in [4.78, 5) is 14.1. The van der Waals surface area contributed by atoms with Crippen LogP contribution < -0.4 is 10.6 Å². The maximum absolute atomic E-state index is 13.5. The van der Waals surface area contributed by atoms with E-state index in [4.69, 9.17) is 0 Å². The summed E-state index contributed by atoms with van der Waals surface area (Å²) in [6.45, 7) is 2.12. The van der Waals surface area contributed by atoms with Gasteiger partial charge in [-0.2, -0.15) is 0 Å². The first-order valence-corrected chi connectivity index (χ1v) is 8.30. The minimum atomic E-state index is -0.317. The van der Waals surface area contributed by atoms with E-state index in [1.165, 1.54) is 6.07 Å². The lowest BCUT2D eigenvalue weighted by molar-refractivity contribution is 0.0948. The standard InChI is InChI=1S/C18H24FN5O/c1-24(2)13-5-11-20-17-9-8-16(22-23-17)18(25)21-12-10-14-6-3-4-7-15(14)19/h3-4,6-9H,5,10-13H2,1-2H3,(H,20,23)(H,21,25). The summed E-state index contributed by atoms with van der Waals surface area (Å²) in [5.41, 5.74) is 0.818. The number of carbonyl (C=O) groups is 1. The van der Waals surface area contributed by atoms with E-state index in [1.54, 1.807) is 30.3 Å². The Bertz CT molecular complexity index is 675. The summed E-state index contributed by atoms with van der Waals surface area (Å²) < 4.78 is 13.5. The van der Waals surface area contributed by atoms with Gasteiger partial charge in [0.2, 0.25) is 0 Å². The zero-order valence-electron chi connectivity index (χ0n) is 14.6. The van der Waals surface area contributed by atoms with Crippen molar-refractivity contribution in [1.29, 1.82) is 0 Å². The molecule has 7 heteroatoms. The van der Waals surface area contributed by atoms with Gasteiger partial charge in [0.25, 0.3) is 5.91 Å². The molecule has 25 heavy (non-hydrogen) atoms. The summed E-state index contributed by atoms with van der Waals surface area (Å²) in [5.74, 6) is 0.0610. The van der Waals surface area contributed by atoms with Gasteiger partial charge in [0.15, 0.2) is 5.69 Å².